The number of rotatable bonds is 4. The van der Waals surface area contributed by atoms with Crippen molar-refractivity contribution < 1.29 is 13.9 Å². The van der Waals surface area contributed by atoms with Gasteiger partial charge in [0.25, 0.3) is 5.91 Å². The Labute approximate surface area is 164 Å². The Balaban J connectivity index is 1.83. The molecule has 2 aromatic carbocycles. The third-order valence-electron chi connectivity index (χ3n) is 3.82. The Hall–Kier alpha value is -2.67. The Morgan fingerprint density at radius 1 is 1.07 bits per heavy atom. The van der Waals surface area contributed by atoms with Crippen LogP contribution in [0.3, 0.4) is 0 Å². The van der Waals surface area contributed by atoms with Crippen LogP contribution in [0.4, 0.5) is 10.1 Å². The number of ether oxygens (including phenoxy) is 1. The van der Waals surface area contributed by atoms with Crippen molar-refractivity contribution in [2.45, 2.75) is 39.2 Å². The normalized spacial score (nSPS) is 12.0. The van der Waals surface area contributed by atoms with Crippen LogP contribution in [0, 0.1) is 5.82 Å². The lowest BCUT2D eigenvalue weighted by Gasteiger charge is -2.20. The number of amides is 1. The monoisotopic (exact) mass is 389 g/mol. The molecule has 3 N–H and O–H groups in total. The van der Waals surface area contributed by atoms with Gasteiger partial charge in [0.15, 0.2) is 11.2 Å². The van der Waals surface area contributed by atoms with E-state index in [4.69, 9.17) is 17.0 Å². The first kappa shape index (κ1) is 20.6. The van der Waals surface area contributed by atoms with Crippen LogP contribution in [0.15, 0.2) is 48.5 Å². The number of hydrogen-bond donors (Lipinski definition) is 3. The van der Waals surface area contributed by atoms with Crippen LogP contribution in [0.5, 0.6) is 5.75 Å². The second-order valence-corrected chi connectivity index (χ2v) is 7.49. The largest absolute Gasteiger partial charge is 0.481 e. The van der Waals surface area contributed by atoms with E-state index < -0.39 is 17.8 Å². The van der Waals surface area contributed by atoms with Crippen LogP contribution < -0.4 is 20.9 Å². The van der Waals surface area contributed by atoms with Crippen molar-refractivity contribution in [1.29, 1.82) is 0 Å². The van der Waals surface area contributed by atoms with Gasteiger partial charge in [-0.3, -0.25) is 15.6 Å². The lowest BCUT2D eigenvalue weighted by Crippen LogP contribution is -2.48. The minimum atomic E-state index is -0.741. The van der Waals surface area contributed by atoms with E-state index >= 15 is 0 Å². The average molecular weight is 389 g/mol. The summed E-state index contributed by atoms with van der Waals surface area (Å²) in [4.78, 5) is 12.1. The van der Waals surface area contributed by atoms with Crippen molar-refractivity contribution in [1.82, 2.24) is 10.9 Å². The molecule has 1 amide bonds. The molecule has 0 saturated heterocycles. The minimum Gasteiger partial charge on any atom is -0.481 e. The van der Waals surface area contributed by atoms with E-state index in [2.05, 4.69) is 36.9 Å². The summed E-state index contributed by atoms with van der Waals surface area (Å²) in [5, 5.41) is 2.73. The quantitative estimate of drug-likeness (QED) is 0.547. The molecular weight excluding hydrogens is 365 g/mol. The van der Waals surface area contributed by atoms with E-state index in [0.29, 0.717) is 5.75 Å². The Morgan fingerprint density at radius 2 is 1.70 bits per heavy atom. The smallest absolute Gasteiger partial charge is 0.279 e. The third-order valence-corrected chi connectivity index (χ3v) is 4.03. The van der Waals surface area contributed by atoms with Gasteiger partial charge in [0.2, 0.25) is 0 Å². The van der Waals surface area contributed by atoms with Gasteiger partial charge in [0, 0.05) is 0 Å². The summed E-state index contributed by atoms with van der Waals surface area (Å²) in [5.74, 6) is -0.256. The number of halogens is 1. The third kappa shape index (κ3) is 6.21. The van der Waals surface area contributed by atoms with Crippen molar-refractivity contribution in [3.05, 3.63) is 59.9 Å². The molecule has 0 saturated carbocycles. The first-order chi connectivity index (χ1) is 12.7. The van der Waals surface area contributed by atoms with E-state index in [0.717, 1.165) is 0 Å². The number of thiocarbonyl (C=S) groups is 1. The van der Waals surface area contributed by atoms with E-state index in [-0.39, 0.29) is 16.2 Å². The van der Waals surface area contributed by atoms with Gasteiger partial charge in [-0.25, -0.2) is 4.39 Å². The molecule has 27 heavy (non-hydrogen) atoms. The molecule has 0 heterocycles. The van der Waals surface area contributed by atoms with Crippen molar-refractivity contribution in [3.63, 3.8) is 0 Å². The molecule has 7 heteroatoms. The second-order valence-electron chi connectivity index (χ2n) is 7.08. The fourth-order valence-corrected chi connectivity index (χ4v) is 2.39. The van der Waals surface area contributed by atoms with Gasteiger partial charge >= 0.3 is 0 Å². The van der Waals surface area contributed by atoms with E-state index in [1.54, 1.807) is 19.1 Å². The molecule has 0 radical (unpaired) electrons. The maximum absolute atomic E-state index is 13.6. The number of hydrogen-bond acceptors (Lipinski definition) is 3. The van der Waals surface area contributed by atoms with Gasteiger partial charge < -0.3 is 10.1 Å². The first-order valence-corrected chi connectivity index (χ1v) is 8.96. The molecule has 0 fully saturated rings. The molecule has 2 rings (SSSR count). The van der Waals surface area contributed by atoms with Gasteiger partial charge in [-0.05, 0) is 54.4 Å². The minimum absolute atomic E-state index is 0.0480. The zero-order valence-corrected chi connectivity index (χ0v) is 16.6. The molecule has 0 aliphatic rings. The zero-order valence-electron chi connectivity index (χ0n) is 15.8. The highest BCUT2D eigenvalue weighted by atomic mass is 32.1. The van der Waals surface area contributed by atoms with Gasteiger partial charge in [0.05, 0.1) is 5.69 Å². The maximum Gasteiger partial charge on any atom is 0.279 e. The van der Waals surface area contributed by atoms with Gasteiger partial charge in [0.1, 0.15) is 11.6 Å². The summed E-state index contributed by atoms with van der Waals surface area (Å²) in [6, 6.07) is 13.7. The molecule has 0 bridgehead atoms. The van der Waals surface area contributed by atoms with Crippen molar-refractivity contribution >= 4 is 28.9 Å². The lowest BCUT2D eigenvalue weighted by molar-refractivity contribution is -0.127. The Morgan fingerprint density at radius 3 is 2.30 bits per heavy atom. The van der Waals surface area contributed by atoms with E-state index in [9.17, 15) is 9.18 Å². The van der Waals surface area contributed by atoms with E-state index in [1.165, 1.54) is 17.7 Å². The second kappa shape index (κ2) is 8.81. The molecule has 1 atom stereocenters. The Kier molecular flexibility index (Phi) is 6.74. The zero-order chi connectivity index (χ0) is 20.0. The molecule has 0 aromatic heterocycles. The predicted molar refractivity (Wildman–Crippen MR) is 109 cm³/mol. The summed E-state index contributed by atoms with van der Waals surface area (Å²) >= 11 is 5.04. The van der Waals surface area contributed by atoms with Crippen molar-refractivity contribution in [3.8, 4) is 5.75 Å². The maximum atomic E-state index is 13.6. The van der Waals surface area contributed by atoms with Crippen LogP contribution >= 0.6 is 12.2 Å². The van der Waals surface area contributed by atoms with Crippen LogP contribution in [0.1, 0.15) is 33.3 Å². The fourth-order valence-electron chi connectivity index (χ4n) is 2.23. The average Bonchev–Trinajstić information content (AvgIpc) is 2.61. The van der Waals surface area contributed by atoms with Crippen LogP contribution in [0.25, 0.3) is 0 Å². The van der Waals surface area contributed by atoms with Crippen molar-refractivity contribution in [2.75, 3.05) is 5.32 Å². The van der Waals surface area contributed by atoms with Crippen molar-refractivity contribution in [2.24, 2.45) is 0 Å². The lowest BCUT2D eigenvalue weighted by atomic mass is 9.87. The number of benzene rings is 2. The summed E-state index contributed by atoms with van der Waals surface area (Å²) in [5.41, 5.74) is 6.41. The standard InChI is InChI=1S/C20H24FN3O2S/c1-13(26-15-11-9-14(10-12-15)20(2,3)4)18(25)23-24-19(27)22-17-8-6-5-7-16(17)21/h5-13H,1-4H3,(H,23,25)(H2,22,24,27)/t13-/m0/s1. The van der Waals surface area contributed by atoms with Gasteiger partial charge in [-0.2, -0.15) is 0 Å². The highest BCUT2D eigenvalue weighted by Gasteiger charge is 2.17. The highest BCUT2D eigenvalue weighted by Crippen LogP contribution is 2.24. The summed E-state index contributed by atoms with van der Waals surface area (Å²) in [7, 11) is 0. The number of para-hydroxylation sites is 1. The highest BCUT2D eigenvalue weighted by molar-refractivity contribution is 7.80. The molecule has 0 spiro atoms. The number of carbonyl (C=O) groups is 1. The number of nitrogens with one attached hydrogen (secondary N) is 3. The van der Waals surface area contributed by atoms with Gasteiger partial charge in [-0.15, -0.1) is 0 Å². The molecule has 2 aromatic rings. The molecule has 144 valence electrons. The fraction of sp³-hybridized carbons (Fsp3) is 0.300. The van der Waals surface area contributed by atoms with Crippen LogP contribution in [-0.2, 0) is 10.2 Å². The predicted octanol–water partition coefficient (Wildman–Crippen LogP) is 3.91. The SMILES string of the molecule is C[C@H](Oc1ccc(C(C)(C)C)cc1)C(=O)NNC(=S)Nc1ccccc1F. The molecule has 0 unspecified atom stereocenters. The molecule has 0 aliphatic heterocycles. The first-order valence-electron chi connectivity index (χ1n) is 8.55. The topological polar surface area (TPSA) is 62.4 Å². The van der Waals surface area contributed by atoms with E-state index in [1.807, 2.05) is 24.3 Å². The number of hydrazine groups is 1. The summed E-state index contributed by atoms with van der Waals surface area (Å²) in [6.45, 7) is 8.01. The molecular formula is C20H24FN3O2S. The Bertz CT molecular complexity index is 804. The van der Waals surface area contributed by atoms with Crippen LogP contribution in [-0.4, -0.2) is 17.1 Å². The van der Waals surface area contributed by atoms with Gasteiger partial charge in [-0.1, -0.05) is 45.0 Å². The summed E-state index contributed by atoms with van der Waals surface area (Å²) < 4.78 is 19.2. The molecule has 0 aliphatic carbocycles. The number of anilines is 1. The van der Waals surface area contributed by atoms with Crippen LogP contribution in [0.2, 0.25) is 0 Å². The number of carbonyl (C=O) groups excluding carboxylic acids is 1. The molecule has 5 nitrogen and oxygen atoms in total. The summed E-state index contributed by atoms with van der Waals surface area (Å²) in [6.07, 6.45) is -0.741.